The third-order valence-corrected chi connectivity index (χ3v) is 4.18. The number of carboxylic acid groups (broad SMARTS) is 1. The number of likely N-dealkylation sites (tertiary alicyclic amines) is 1. The number of benzene rings is 1. The van der Waals surface area contributed by atoms with Gasteiger partial charge in [-0.1, -0.05) is 30.3 Å². The SMILES string of the molecule is CC(=O)NC[C@H]1[C@H](CO)C[C@H](C(=O)O)N1Cc1ccccc1. The topological polar surface area (TPSA) is 89.9 Å². The number of carbonyl (C=O) groups excluding carboxylic acids is 1. The lowest BCUT2D eigenvalue weighted by Crippen LogP contribution is -2.46. The van der Waals surface area contributed by atoms with E-state index < -0.39 is 12.0 Å². The predicted molar refractivity (Wildman–Crippen MR) is 81.1 cm³/mol. The average Bonchev–Trinajstić information content (AvgIpc) is 2.84. The molecule has 0 radical (unpaired) electrons. The fourth-order valence-electron chi connectivity index (χ4n) is 3.07. The number of rotatable bonds is 6. The zero-order valence-electron chi connectivity index (χ0n) is 12.6. The van der Waals surface area contributed by atoms with Crippen molar-refractivity contribution in [3.05, 3.63) is 35.9 Å². The maximum Gasteiger partial charge on any atom is 0.320 e. The Balaban J connectivity index is 2.20. The summed E-state index contributed by atoms with van der Waals surface area (Å²) in [6.07, 6.45) is 0.392. The van der Waals surface area contributed by atoms with Crippen LogP contribution in [0.3, 0.4) is 0 Å². The van der Waals surface area contributed by atoms with Crippen molar-refractivity contribution in [2.24, 2.45) is 5.92 Å². The molecule has 1 fully saturated rings. The highest BCUT2D eigenvalue weighted by Gasteiger charge is 2.44. The molecule has 0 unspecified atom stereocenters. The molecule has 1 amide bonds. The van der Waals surface area contributed by atoms with Crippen LogP contribution in [0.2, 0.25) is 0 Å². The average molecular weight is 306 g/mol. The molecule has 120 valence electrons. The summed E-state index contributed by atoms with van der Waals surface area (Å²) in [6, 6.07) is 8.79. The van der Waals surface area contributed by atoms with E-state index in [0.29, 0.717) is 19.5 Å². The maximum absolute atomic E-state index is 11.5. The molecule has 1 heterocycles. The van der Waals surface area contributed by atoms with Gasteiger partial charge in [-0.2, -0.15) is 0 Å². The van der Waals surface area contributed by atoms with Crippen LogP contribution < -0.4 is 5.32 Å². The van der Waals surface area contributed by atoms with Crippen LogP contribution in [0.25, 0.3) is 0 Å². The van der Waals surface area contributed by atoms with Gasteiger partial charge in [-0.05, 0) is 12.0 Å². The minimum Gasteiger partial charge on any atom is -0.480 e. The summed E-state index contributed by atoms with van der Waals surface area (Å²) in [7, 11) is 0. The number of amides is 1. The highest BCUT2D eigenvalue weighted by molar-refractivity contribution is 5.74. The molecule has 6 heteroatoms. The summed E-state index contributed by atoms with van der Waals surface area (Å²) >= 11 is 0. The first kappa shape index (κ1) is 16.5. The molecule has 0 aliphatic carbocycles. The second-order valence-electron chi connectivity index (χ2n) is 5.69. The Morgan fingerprint density at radius 1 is 1.32 bits per heavy atom. The van der Waals surface area contributed by atoms with E-state index in [4.69, 9.17) is 0 Å². The van der Waals surface area contributed by atoms with Gasteiger partial charge in [0.2, 0.25) is 5.91 Å². The first-order valence-electron chi connectivity index (χ1n) is 7.40. The summed E-state index contributed by atoms with van der Waals surface area (Å²) in [6.45, 7) is 2.17. The van der Waals surface area contributed by atoms with Crippen LogP contribution in [-0.4, -0.2) is 52.2 Å². The molecule has 0 saturated carbocycles. The quantitative estimate of drug-likeness (QED) is 0.710. The number of hydrogen-bond acceptors (Lipinski definition) is 4. The number of aliphatic hydroxyl groups is 1. The van der Waals surface area contributed by atoms with E-state index in [0.717, 1.165) is 5.56 Å². The number of nitrogens with one attached hydrogen (secondary N) is 1. The molecule has 1 saturated heterocycles. The smallest absolute Gasteiger partial charge is 0.320 e. The Morgan fingerprint density at radius 2 is 2.00 bits per heavy atom. The van der Waals surface area contributed by atoms with E-state index in [-0.39, 0.29) is 24.5 Å². The van der Waals surface area contributed by atoms with E-state index in [1.54, 1.807) is 0 Å². The van der Waals surface area contributed by atoms with E-state index in [2.05, 4.69) is 5.32 Å². The first-order valence-corrected chi connectivity index (χ1v) is 7.40. The molecule has 1 aromatic carbocycles. The molecule has 1 aliphatic heterocycles. The fourth-order valence-corrected chi connectivity index (χ4v) is 3.07. The lowest BCUT2D eigenvalue weighted by molar-refractivity contribution is -0.142. The van der Waals surface area contributed by atoms with Gasteiger partial charge in [-0.15, -0.1) is 0 Å². The zero-order valence-corrected chi connectivity index (χ0v) is 12.6. The minimum atomic E-state index is -0.889. The molecule has 3 N–H and O–H groups in total. The van der Waals surface area contributed by atoms with Crippen molar-refractivity contribution in [3.8, 4) is 0 Å². The van der Waals surface area contributed by atoms with E-state index >= 15 is 0 Å². The number of carbonyl (C=O) groups is 2. The van der Waals surface area contributed by atoms with Gasteiger partial charge >= 0.3 is 5.97 Å². The van der Waals surface area contributed by atoms with Crippen LogP contribution in [0.1, 0.15) is 18.9 Å². The van der Waals surface area contributed by atoms with Crippen LogP contribution in [0.5, 0.6) is 0 Å². The zero-order chi connectivity index (χ0) is 16.1. The molecule has 1 aromatic rings. The second-order valence-corrected chi connectivity index (χ2v) is 5.69. The molecule has 6 nitrogen and oxygen atoms in total. The number of nitrogens with zero attached hydrogens (tertiary/aromatic N) is 1. The third kappa shape index (κ3) is 3.84. The fraction of sp³-hybridized carbons (Fsp3) is 0.500. The Labute approximate surface area is 129 Å². The molecular formula is C16H22N2O4. The number of aliphatic carboxylic acids is 1. The summed E-state index contributed by atoms with van der Waals surface area (Å²) in [5.41, 5.74) is 1.01. The van der Waals surface area contributed by atoms with E-state index in [9.17, 15) is 19.8 Å². The van der Waals surface area contributed by atoms with Crippen LogP contribution in [0, 0.1) is 5.92 Å². The van der Waals surface area contributed by atoms with Gasteiger partial charge in [-0.3, -0.25) is 14.5 Å². The van der Waals surface area contributed by atoms with Crippen molar-refractivity contribution in [2.45, 2.75) is 32.0 Å². The third-order valence-electron chi connectivity index (χ3n) is 4.18. The maximum atomic E-state index is 11.5. The van der Waals surface area contributed by atoms with Gasteiger partial charge in [0.25, 0.3) is 0 Å². The summed E-state index contributed by atoms with van der Waals surface area (Å²) in [5, 5.41) is 21.8. The Hall–Kier alpha value is -1.92. The van der Waals surface area contributed by atoms with Gasteiger partial charge < -0.3 is 15.5 Å². The highest BCUT2D eigenvalue weighted by atomic mass is 16.4. The Kier molecular flexibility index (Phi) is 5.51. The Bertz CT molecular complexity index is 520. The molecule has 0 bridgehead atoms. The lowest BCUT2D eigenvalue weighted by atomic mass is 10.00. The molecule has 22 heavy (non-hydrogen) atoms. The molecule has 1 aliphatic rings. The van der Waals surface area contributed by atoms with Crippen molar-refractivity contribution < 1.29 is 19.8 Å². The number of carboxylic acids is 1. The van der Waals surface area contributed by atoms with Crippen molar-refractivity contribution in [1.82, 2.24) is 10.2 Å². The highest BCUT2D eigenvalue weighted by Crippen LogP contribution is 2.31. The van der Waals surface area contributed by atoms with E-state index in [1.165, 1.54) is 6.92 Å². The number of aliphatic hydroxyl groups excluding tert-OH is 1. The van der Waals surface area contributed by atoms with Crippen LogP contribution in [0.4, 0.5) is 0 Å². The number of hydrogen-bond donors (Lipinski definition) is 3. The molecular weight excluding hydrogens is 284 g/mol. The molecule has 2 rings (SSSR count). The van der Waals surface area contributed by atoms with E-state index in [1.807, 2.05) is 35.2 Å². The van der Waals surface area contributed by atoms with Crippen molar-refractivity contribution in [2.75, 3.05) is 13.2 Å². The van der Waals surface area contributed by atoms with Gasteiger partial charge in [0, 0.05) is 38.6 Å². The van der Waals surface area contributed by atoms with Gasteiger partial charge in [0.15, 0.2) is 0 Å². The summed E-state index contributed by atoms with van der Waals surface area (Å²) in [5.74, 6) is -1.20. The van der Waals surface area contributed by atoms with Crippen molar-refractivity contribution in [1.29, 1.82) is 0 Å². The molecule has 3 atom stereocenters. The van der Waals surface area contributed by atoms with Crippen LogP contribution in [-0.2, 0) is 16.1 Å². The second kappa shape index (κ2) is 7.38. The minimum absolute atomic E-state index is 0.0840. The van der Waals surface area contributed by atoms with Crippen molar-refractivity contribution in [3.63, 3.8) is 0 Å². The normalized spacial score (nSPS) is 25.1. The van der Waals surface area contributed by atoms with Gasteiger partial charge in [-0.25, -0.2) is 0 Å². The lowest BCUT2D eigenvalue weighted by Gasteiger charge is -2.30. The predicted octanol–water partition coefficient (Wildman–Crippen LogP) is 0.459. The summed E-state index contributed by atoms with van der Waals surface area (Å²) < 4.78 is 0. The van der Waals surface area contributed by atoms with Crippen LogP contribution in [0.15, 0.2) is 30.3 Å². The largest absolute Gasteiger partial charge is 0.480 e. The summed E-state index contributed by atoms with van der Waals surface area (Å²) in [4.78, 5) is 24.6. The molecule has 0 aromatic heterocycles. The van der Waals surface area contributed by atoms with Crippen LogP contribution >= 0.6 is 0 Å². The monoisotopic (exact) mass is 306 g/mol. The van der Waals surface area contributed by atoms with Gasteiger partial charge in [0.1, 0.15) is 6.04 Å². The van der Waals surface area contributed by atoms with Crippen molar-refractivity contribution >= 4 is 11.9 Å². The standard InChI is InChI=1S/C16H22N2O4/c1-11(20)17-8-15-13(10-19)7-14(16(21)22)18(15)9-12-5-3-2-4-6-12/h2-6,13-15,19H,7-10H2,1H3,(H,17,20)(H,21,22)/t13-,14+,15-/m0/s1. The first-order chi connectivity index (χ1) is 10.5. The van der Waals surface area contributed by atoms with Gasteiger partial charge in [0.05, 0.1) is 0 Å². The molecule has 0 spiro atoms. The Morgan fingerprint density at radius 3 is 2.55 bits per heavy atom.